The second kappa shape index (κ2) is 1050. The Morgan fingerprint density at radius 1 is 0.375 bits per heavy atom. The number of rotatable bonds is 0. The van der Waals surface area contributed by atoms with Gasteiger partial charge >= 0.3 is 16.8 Å². The molecule has 8 heavy (non-hydrogen) atoms. The standard InChI is InChI=1S/ClH.Co.6H2O/h1H;;6*1H2/q;+2;;;;;;/p-1. The van der Waals surface area contributed by atoms with Crippen LogP contribution in [0.15, 0.2) is 0 Å². The second-order valence-electron chi connectivity index (χ2n) is 0. The van der Waals surface area contributed by atoms with E-state index in [0.717, 1.165) is 0 Å². The summed E-state index contributed by atoms with van der Waals surface area (Å²) in [7, 11) is 0. The minimum absolute atomic E-state index is 0. The molecule has 0 amide bonds. The van der Waals surface area contributed by atoms with Crippen molar-refractivity contribution in [2.45, 2.75) is 0 Å². The smallest absolute Gasteiger partial charge is 1.00 e. The zero-order valence-electron chi connectivity index (χ0n) is 3.71. The minimum Gasteiger partial charge on any atom is -1.00 e. The molecule has 0 saturated carbocycles. The number of hydrogen-bond donors (Lipinski definition) is 0. The van der Waals surface area contributed by atoms with Crippen molar-refractivity contribution >= 4 is 0 Å². The van der Waals surface area contributed by atoms with Gasteiger partial charge in [0.25, 0.3) is 0 Å². The predicted octanol–water partition coefficient (Wildman–Crippen LogP) is -7.95. The molecule has 8 heteroatoms. The van der Waals surface area contributed by atoms with Crippen LogP contribution in [0.2, 0.25) is 0 Å². The van der Waals surface area contributed by atoms with E-state index in [4.69, 9.17) is 0 Å². The summed E-state index contributed by atoms with van der Waals surface area (Å²) >= 11 is 0. The maximum atomic E-state index is 0. The van der Waals surface area contributed by atoms with Gasteiger partial charge in [-0.3, -0.25) is 0 Å². The Hall–Kier alpha value is 0.556. The van der Waals surface area contributed by atoms with Crippen LogP contribution in [0.4, 0.5) is 0 Å². The van der Waals surface area contributed by atoms with Crippen molar-refractivity contribution in [3.8, 4) is 0 Å². The molecule has 0 aromatic heterocycles. The van der Waals surface area contributed by atoms with E-state index in [1.54, 1.807) is 0 Å². The van der Waals surface area contributed by atoms with Gasteiger partial charge in [0.05, 0.1) is 0 Å². The quantitative estimate of drug-likeness (QED) is 0.361. The largest absolute Gasteiger partial charge is 2.00 e. The molecular weight excluding hydrogens is 190 g/mol. The molecular formula is H12ClCoO6+. The van der Waals surface area contributed by atoms with Gasteiger partial charge in [-0.2, -0.15) is 0 Å². The topological polar surface area (TPSA) is 189 Å². The van der Waals surface area contributed by atoms with E-state index >= 15 is 0 Å². The van der Waals surface area contributed by atoms with Crippen LogP contribution in [0, 0.1) is 0 Å². The Balaban J connectivity index is 0. The van der Waals surface area contributed by atoms with E-state index in [2.05, 4.69) is 0 Å². The van der Waals surface area contributed by atoms with E-state index < -0.39 is 0 Å². The number of hydrogen-bond acceptors (Lipinski definition) is 0. The van der Waals surface area contributed by atoms with E-state index in [0.29, 0.717) is 0 Å². The molecule has 0 saturated heterocycles. The van der Waals surface area contributed by atoms with E-state index in [-0.39, 0.29) is 62.0 Å². The normalized spacial score (nSPS) is 0. The average molecular weight is 202 g/mol. The van der Waals surface area contributed by atoms with Crippen molar-refractivity contribution in [1.82, 2.24) is 0 Å². The van der Waals surface area contributed by atoms with E-state index in [1.165, 1.54) is 0 Å². The van der Waals surface area contributed by atoms with Crippen molar-refractivity contribution in [3.05, 3.63) is 0 Å². The van der Waals surface area contributed by atoms with Gasteiger partial charge in [0.1, 0.15) is 0 Å². The van der Waals surface area contributed by atoms with Crippen LogP contribution in [-0.4, -0.2) is 32.9 Å². The molecule has 0 aliphatic rings. The van der Waals surface area contributed by atoms with Crippen LogP contribution in [0.1, 0.15) is 0 Å². The molecule has 1 radical (unpaired) electrons. The Kier molecular flexibility index (Phi) is 207000. The first-order valence-corrected chi connectivity index (χ1v) is 0. The molecule has 0 aromatic carbocycles. The molecule has 0 atom stereocenters. The van der Waals surface area contributed by atoms with Gasteiger partial charge < -0.3 is 45.3 Å². The van der Waals surface area contributed by atoms with Crippen LogP contribution in [0.3, 0.4) is 0 Å². The SMILES string of the molecule is O.O.O.O.O.O.[Cl-].[Co+2]. The average Bonchev–Trinajstić information content (AvgIpc) is 0. The molecule has 0 aromatic rings. The molecule has 0 bridgehead atoms. The van der Waals surface area contributed by atoms with Crippen molar-refractivity contribution in [1.29, 1.82) is 0 Å². The summed E-state index contributed by atoms with van der Waals surface area (Å²) in [6.07, 6.45) is 0. The van der Waals surface area contributed by atoms with Crippen LogP contribution in [0.5, 0.6) is 0 Å². The van der Waals surface area contributed by atoms with Gasteiger partial charge in [0.2, 0.25) is 0 Å². The third kappa shape index (κ3) is 654. The van der Waals surface area contributed by atoms with Crippen LogP contribution in [0.25, 0.3) is 0 Å². The first-order chi connectivity index (χ1) is 0. The van der Waals surface area contributed by atoms with Crippen molar-refractivity contribution in [2.24, 2.45) is 0 Å². The van der Waals surface area contributed by atoms with Gasteiger partial charge in [0, 0.05) is 0 Å². The van der Waals surface area contributed by atoms with Gasteiger partial charge in [-0.05, 0) is 0 Å². The van der Waals surface area contributed by atoms with Crippen LogP contribution < -0.4 is 12.4 Å². The van der Waals surface area contributed by atoms with Gasteiger partial charge in [-0.15, -0.1) is 0 Å². The monoisotopic (exact) mass is 202 g/mol. The molecule has 0 aliphatic heterocycles. The molecule has 0 unspecified atom stereocenters. The second-order valence-corrected chi connectivity index (χ2v) is 0. The molecule has 0 aliphatic carbocycles. The Morgan fingerprint density at radius 2 is 0.375 bits per heavy atom. The molecule has 6 nitrogen and oxygen atoms in total. The molecule has 0 spiro atoms. The van der Waals surface area contributed by atoms with Gasteiger partial charge in [-0.1, -0.05) is 0 Å². The Labute approximate surface area is 62.7 Å². The summed E-state index contributed by atoms with van der Waals surface area (Å²) in [5.41, 5.74) is 0. The Bertz CT molecular complexity index is 8.49. The summed E-state index contributed by atoms with van der Waals surface area (Å²) in [5.74, 6) is 0. The van der Waals surface area contributed by atoms with Crippen molar-refractivity contribution < 1.29 is 62.0 Å². The summed E-state index contributed by atoms with van der Waals surface area (Å²) < 4.78 is 0. The number of halogens is 1. The molecule has 0 fully saturated rings. The fraction of sp³-hybridized carbons (Fsp3) is 0. The molecule has 63 valence electrons. The van der Waals surface area contributed by atoms with E-state index in [1.807, 2.05) is 0 Å². The summed E-state index contributed by atoms with van der Waals surface area (Å²) in [4.78, 5) is 0. The van der Waals surface area contributed by atoms with Crippen molar-refractivity contribution in [3.63, 3.8) is 0 Å². The third-order valence-electron chi connectivity index (χ3n) is 0. The Morgan fingerprint density at radius 3 is 0.375 bits per heavy atom. The van der Waals surface area contributed by atoms with Crippen LogP contribution in [-0.2, 0) is 16.8 Å². The molecule has 0 rings (SSSR count). The summed E-state index contributed by atoms with van der Waals surface area (Å²) in [6.45, 7) is 0. The van der Waals surface area contributed by atoms with Gasteiger partial charge in [-0.25, -0.2) is 0 Å². The maximum absolute atomic E-state index is 0. The fourth-order valence-electron chi connectivity index (χ4n) is 0. The summed E-state index contributed by atoms with van der Waals surface area (Å²) in [5, 5.41) is 0. The molecule has 0 heterocycles. The zero-order valence-corrected chi connectivity index (χ0v) is 5.51. The third-order valence-corrected chi connectivity index (χ3v) is 0. The minimum atomic E-state index is 0. The maximum Gasteiger partial charge on any atom is 2.00 e. The predicted molar refractivity (Wildman–Crippen MR) is 21.7 cm³/mol. The van der Waals surface area contributed by atoms with Crippen LogP contribution >= 0.6 is 0 Å². The summed E-state index contributed by atoms with van der Waals surface area (Å²) in [6, 6.07) is 0. The molecule has 12 N–H and O–H groups in total. The zero-order chi connectivity index (χ0) is 0. The van der Waals surface area contributed by atoms with E-state index in [9.17, 15) is 0 Å². The first kappa shape index (κ1) is 1580. The fourth-order valence-corrected chi connectivity index (χ4v) is 0. The van der Waals surface area contributed by atoms with Gasteiger partial charge in [0.15, 0.2) is 0 Å². The first-order valence-electron chi connectivity index (χ1n) is 0. The van der Waals surface area contributed by atoms with Crippen molar-refractivity contribution in [2.75, 3.05) is 0 Å².